The highest BCUT2D eigenvalue weighted by Gasteiger charge is 2.29. The van der Waals surface area contributed by atoms with Gasteiger partial charge in [0.05, 0.1) is 15.5 Å². The Labute approximate surface area is 73.9 Å². The number of hydrogen-bond donors (Lipinski definition) is 0. The number of sulfone groups is 1. The van der Waals surface area contributed by atoms with Gasteiger partial charge in [-0.05, 0) is 11.4 Å². The van der Waals surface area contributed by atoms with Gasteiger partial charge in [-0.3, -0.25) is 4.79 Å². The van der Waals surface area contributed by atoms with Crippen molar-refractivity contribution in [3.63, 3.8) is 0 Å². The molecule has 3 nitrogen and oxygen atoms in total. The molecule has 5 heteroatoms. The Morgan fingerprint density at radius 3 is 2.83 bits per heavy atom. The van der Waals surface area contributed by atoms with Gasteiger partial charge in [0.15, 0.2) is 15.6 Å². The maximum atomic E-state index is 11.3. The van der Waals surface area contributed by atoms with Gasteiger partial charge in [-0.2, -0.15) is 0 Å². The van der Waals surface area contributed by atoms with E-state index in [4.69, 9.17) is 0 Å². The molecule has 0 unspecified atom stereocenters. The SMILES string of the molecule is O=C1CCS(=O)(=O)c2ccsc21. The topological polar surface area (TPSA) is 51.2 Å². The van der Waals surface area contributed by atoms with Crippen LogP contribution in [0.5, 0.6) is 0 Å². The van der Waals surface area contributed by atoms with Crippen molar-refractivity contribution in [3.05, 3.63) is 16.3 Å². The standard InChI is InChI=1S/C7H6O3S2/c8-5-2-4-12(9,10)6-1-3-11-7(5)6/h1,3H,2,4H2. The fourth-order valence-electron chi connectivity index (χ4n) is 1.20. The second kappa shape index (κ2) is 2.40. The number of fused-ring (bicyclic) bond motifs is 1. The van der Waals surface area contributed by atoms with Crippen molar-refractivity contribution in [2.45, 2.75) is 11.3 Å². The molecule has 0 fully saturated rings. The summed E-state index contributed by atoms with van der Waals surface area (Å²) in [6, 6.07) is 1.51. The summed E-state index contributed by atoms with van der Waals surface area (Å²) >= 11 is 1.21. The van der Waals surface area contributed by atoms with Crippen molar-refractivity contribution in [2.75, 3.05) is 5.75 Å². The molecule has 2 rings (SSSR count). The minimum atomic E-state index is -3.14. The zero-order chi connectivity index (χ0) is 8.77. The lowest BCUT2D eigenvalue weighted by molar-refractivity contribution is 0.0987. The Balaban J connectivity index is 2.73. The zero-order valence-corrected chi connectivity index (χ0v) is 7.74. The van der Waals surface area contributed by atoms with Crippen molar-refractivity contribution in [2.24, 2.45) is 0 Å². The van der Waals surface area contributed by atoms with Crippen LogP contribution < -0.4 is 0 Å². The highest BCUT2D eigenvalue weighted by molar-refractivity contribution is 7.91. The van der Waals surface area contributed by atoms with Crippen LogP contribution in [0.15, 0.2) is 16.3 Å². The Kier molecular flexibility index (Phi) is 1.59. The normalized spacial score (nSPS) is 20.5. The quantitative estimate of drug-likeness (QED) is 0.633. The second-order valence-electron chi connectivity index (χ2n) is 2.61. The Hall–Kier alpha value is -0.680. The van der Waals surface area contributed by atoms with E-state index in [-0.39, 0.29) is 22.9 Å². The number of hydrogen-bond acceptors (Lipinski definition) is 4. The van der Waals surface area contributed by atoms with Crippen LogP contribution in [0.2, 0.25) is 0 Å². The van der Waals surface area contributed by atoms with Gasteiger partial charge in [0.2, 0.25) is 0 Å². The fourth-order valence-corrected chi connectivity index (χ4v) is 3.91. The average molecular weight is 202 g/mol. The minimum Gasteiger partial charge on any atom is -0.293 e. The highest BCUT2D eigenvalue weighted by atomic mass is 32.2. The van der Waals surface area contributed by atoms with Crippen LogP contribution in [0.25, 0.3) is 0 Å². The first-order valence-electron chi connectivity index (χ1n) is 3.45. The van der Waals surface area contributed by atoms with Gasteiger partial charge in [0.1, 0.15) is 0 Å². The lowest BCUT2D eigenvalue weighted by atomic mass is 10.2. The molecule has 0 aromatic carbocycles. The van der Waals surface area contributed by atoms with Gasteiger partial charge >= 0.3 is 0 Å². The van der Waals surface area contributed by atoms with E-state index in [0.29, 0.717) is 4.88 Å². The third-order valence-corrected chi connectivity index (χ3v) is 4.65. The minimum absolute atomic E-state index is 0.0322. The van der Waals surface area contributed by atoms with Gasteiger partial charge < -0.3 is 0 Å². The van der Waals surface area contributed by atoms with Crippen molar-refractivity contribution >= 4 is 27.0 Å². The second-order valence-corrected chi connectivity index (χ2v) is 5.60. The summed E-state index contributed by atoms with van der Waals surface area (Å²) in [5.41, 5.74) is 0. The van der Waals surface area contributed by atoms with Crippen LogP contribution >= 0.6 is 11.3 Å². The zero-order valence-electron chi connectivity index (χ0n) is 6.11. The number of carbonyl (C=O) groups is 1. The molecular weight excluding hydrogens is 196 g/mol. The molecule has 0 spiro atoms. The van der Waals surface area contributed by atoms with Crippen LogP contribution in [-0.4, -0.2) is 20.0 Å². The van der Waals surface area contributed by atoms with Crippen LogP contribution in [0.3, 0.4) is 0 Å². The molecular formula is C7H6O3S2. The van der Waals surface area contributed by atoms with Crippen LogP contribution in [0, 0.1) is 0 Å². The molecule has 0 amide bonds. The predicted octanol–water partition coefficient (Wildman–Crippen LogP) is 1.11. The third-order valence-electron chi connectivity index (χ3n) is 1.82. The van der Waals surface area contributed by atoms with Gasteiger partial charge in [-0.1, -0.05) is 0 Å². The Bertz CT molecular complexity index is 427. The third kappa shape index (κ3) is 1.01. The smallest absolute Gasteiger partial charge is 0.180 e. The van der Waals surface area contributed by atoms with Crippen molar-refractivity contribution in [1.82, 2.24) is 0 Å². The van der Waals surface area contributed by atoms with Gasteiger partial charge in [0, 0.05) is 6.42 Å². The first-order chi connectivity index (χ1) is 5.61. The largest absolute Gasteiger partial charge is 0.293 e. The molecule has 0 saturated heterocycles. The van der Waals surface area contributed by atoms with E-state index in [2.05, 4.69) is 0 Å². The highest BCUT2D eigenvalue weighted by Crippen LogP contribution is 2.28. The maximum Gasteiger partial charge on any atom is 0.180 e. The van der Waals surface area contributed by atoms with Crippen LogP contribution in [0.1, 0.15) is 16.1 Å². The molecule has 0 atom stereocenters. The molecule has 0 aliphatic carbocycles. The van der Waals surface area contributed by atoms with E-state index in [1.165, 1.54) is 17.4 Å². The molecule has 0 N–H and O–H groups in total. The first kappa shape index (κ1) is 7.94. The number of rotatable bonds is 0. The molecule has 0 saturated carbocycles. The van der Waals surface area contributed by atoms with E-state index < -0.39 is 9.84 Å². The van der Waals surface area contributed by atoms with E-state index in [9.17, 15) is 13.2 Å². The molecule has 1 aromatic rings. The van der Waals surface area contributed by atoms with Crippen molar-refractivity contribution in [1.29, 1.82) is 0 Å². The molecule has 2 heterocycles. The summed E-state index contributed by atoms with van der Waals surface area (Å²) in [6.07, 6.45) is 0.135. The van der Waals surface area contributed by atoms with E-state index in [1.54, 1.807) is 5.38 Å². The fraction of sp³-hybridized carbons (Fsp3) is 0.286. The Morgan fingerprint density at radius 2 is 2.17 bits per heavy atom. The van der Waals surface area contributed by atoms with Gasteiger partial charge in [-0.15, -0.1) is 11.3 Å². The summed E-state index contributed by atoms with van der Waals surface area (Å²) in [7, 11) is -3.14. The lowest BCUT2D eigenvalue weighted by Gasteiger charge is -2.09. The molecule has 12 heavy (non-hydrogen) atoms. The lowest BCUT2D eigenvalue weighted by Crippen LogP contribution is -2.18. The van der Waals surface area contributed by atoms with Gasteiger partial charge in [0.25, 0.3) is 0 Å². The summed E-state index contributed by atoms with van der Waals surface area (Å²) in [5, 5.41) is 1.64. The van der Waals surface area contributed by atoms with E-state index in [1.807, 2.05) is 0 Å². The average Bonchev–Trinajstić information content (AvgIpc) is 2.46. The summed E-state index contributed by atoms with van der Waals surface area (Å²) in [6.45, 7) is 0. The molecule has 1 aliphatic rings. The van der Waals surface area contributed by atoms with Crippen molar-refractivity contribution < 1.29 is 13.2 Å². The van der Waals surface area contributed by atoms with Crippen molar-refractivity contribution in [3.8, 4) is 0 Å². The number of ketones is 1. The first-order valence-corrected chi connectivity index (χ1v) is 5.98. The molecule has 0 bridgehead atoms. The van der Waals surface area contributed by atoms with Gasteiger partial charge in [-0.25, -0.2) is 8.42 Å². The number of thiophene rings is 1. The monoisotopic (exact) mass is 202 g/mol. The summed E-state index contributed by atoms with van der Waals surface area (Å²) in [5.74, 6) is -0.0786. The number of carbonyl (C=O) groups excluding carboxylic acids is 1. The summed E-state index contributed by atoms with van der Waals surface area (Å²) < 4.78 is 22.7. The van der Waals surface area contributed by atoms with Crippen LogP contribution in [0.4, 0.5) is 0 Å². The predicted molar refractivity (Wildman–Crippen MR) is 45.3 cm³/mol. The summed E-state index contributed by atoms with van der Waals surface area (Å²) in [4.78, 5) is 11.8. The van der Waals surface area contributed by atoms with Crippen LogP contribution in [-0.2, 0) is 9.84 Å². The Morgan fingerprint density at radius 1 is 1.42 bits per heavy atom. The molecule has 0 radical (unpaired) electrons. The number of Topliss-reactive ketones (excluding diaryl/α,β-unsaturated/α-hetero) is 1. The molecule has 1 aliphatic heterocycles. The van der Waals surface area contributed by atoms with E-state index in [0.717, 1.165) is 0 Å². The van der Waals surface area contributed by atoms with E-state index >= 15 is 0 Å². The maximum absolute atomic E-state index is 11.3. The molecule has 64 valence electrons. The molecule has 1 aromatic heterocycles.